The van der Waals surface area contributed by atoms with E-state index in [4.69, 9.17) is 0 Å². The minimum atomic E-state index is -3.68. The van der Waals surface area contributed by atoms with E-state index in [-0.39, 0.29) is 16.9 Å². The molecular formula is C19H26N2O5S. The van der Waals surface area contributed by atoms with Crippen LogP contribution in [-0.4, -0.2) is 48.8 Å². The predicted octanol–water partition coefficient (Wildman–Crippen LogP) is 2.32. The molecule has 1 aliphatic heterocycles. The Hall–Kier alpha value is -2.19. The van der Waals surface area contributed by atoms with Crippen LogP contribution in [0.25, 0.3) is 0 Å². The molecular weight excluding hydrogens is 368 g/mol. The molecule has 1 amide bonds. The minimum absolute atomic E-state index is 0.0948. The van der Waals surface area contributed by atoms with Gasteiger partial charge in [-0.05, 0) is 50.8 Å². The number of nitrogens with one attached hydrogen (secondary N) is 1. The highest BCUT2D eigenvalue weighted by atomic mass is 32.2. The number of carbonyl (C=O) groups is 2. The summed E-state index contributed by atoms with van der Waals surface area (Å²) in [7, 11) is -3.68. The molecule has 8 heteroatoms. The van der Waals surface area contributed by atoms with E-state index >= 15 is 0 Å². The number of amides is 1. The zero-order chi connectivity index (χ0) is 20.0. The van der Waals surface area contributed by atoms with Crippen molar-refractivity contribution < 1.29 is 23.1 Å². The number of aryl methyl sites for hydroxylation is 1. The zero-order valence-electron chi connectivity index (χ0n) is 15.6. The SMILES string of the molecule is C/C=C/CC(NC(=O)c1ccc(C)c(S(=O)(=O)N2CCCCC2)c1)C(=O)O. The second-order valence-electron chi connectivity index (χ2n) is 6.61. The molecule has 148 valence electrons. The van der Waals surface area contributed by atoms with E-state index in [0.29, 0.717) is 18.7 Å². The number of sulfonamides is 1. The van der Waals surface area contributed by atoms with Crippen LogP contribution < -0.4 is 5.32 Å². The maximum Gasteiger partial charge on any atom is 0.326 e. The van der Waals surface area contributed by atoms with Gasteiger partial charge in [-0.3, -0.25) is 4.79 Å². The first-order valence-corrected chi connectivity index (χ1v) is 10.5. The van der Waals surface area contributed by atoms with Crippen LogP contribution in [0.1, 0.15) is 48.5 Å². The average molecular weight is 394 g/mol. The van der Waals surface area contributed by atoms with Crippen LogP contribution in [-0.2, 0) is 14.8 Å². The van der Waals surface area contributed by atoms with Gasteiger partial charge in [-0.1, -0.05) is 24.6 Å². The monoisotopic (exact) mass is 394 g/mol. The number of rotatable bonds is 7. The summed E-state index contributed by atoms with van der Waals surface area (Å²) in [5.41, 5.74) is 0.684. The third-order valence-corrected chi connectivity index (χ3v) is 6.63. The van der Waals surface area contributed by atoms with Gasteiger partial charge in [0, 0.05) is 18.7 Å². The Bertz CT molecular complexity index is 827. The molecule has 1 aromatic rings. The predicted molar refractivity (Wildman–Crippen MR) is 102 cm³/mol. The number of hydrogen-bond donors (Lipinski definition) is 2. The Kier molecular flexibility index (Phi) is 7.15. The van der Waals surface area contributed by atoms with Gasteiger partial charge in [-0.15, -0.1) is 0 Å². The van der Waals surface area contributed by atoms with Crippen molar-refractivity contribution >= 4 is 21.9 Å². The molecule has 0 aromatic heterocycles. The van der Waals surface area contributed by atoms with Crippen LogP contribution in [0.3, 0.4) is 0 Å². The second-order valence-corrected chi connectivity index (χ2v) is 8.52. The maximum absolute atomic E-state index is 12.9. The summed E-state index contributed by atoms with van der Waals surface area (Å²) in [4.78, 5) is 23.9. The molecule has 1 atom stereocenters. The zero-order valence-corrected chi connectivity index (χ0v) is 16.5. The van der Waals surface area contributed by atoms with Crippen molar-refractivity contribution in [3.8, 4) is 0 Å². The van der Waals surface area contributed by atoms with Gasteiger partial charge in [-0.25, -0.2) is 13.2 Å². The van der Waals surface area contributed by atoms with E-state index in [1.165, 1.54) is 16.4 Å². The van der Waals surface area contributed by atoms with Crippen molar-refractivity contribution in [1.82, 2.24) is 9.62 Å². The number of nitrogens with zero attached hydrogens (tertiary/aromatic N) is 1. The van der Waals surface area contributed by atoms with E-state index in [2.05, 4.69) is 5.32 Å². The molecule has 0 radical (unpaired) electrons. The van der Waals surface area contributed by atoms with Gasteiger partial charge >= 0.3 is 5.97 Å². The lowest BCUT2D eigenvalue weighted by Gasteiger charge is -2.26. The van der Waals surface area contributed by atoms with Crippen LogP contribution >= 0.6 is 0 Å². The lowest BCUT2D eigenvalue weighted by molar-refractivity contribution is -0.139. The fraction of sp³-hybridized carbons (Fsp3) is 0.474. The van der Waals surface area contributed by atoms with Crippen molar-refractivity contribution in [1.29, 1.82) is 0 Å². The molecule has 27 heavy (non-hydrogen) atoms. The number of carboxylic acid groups (broad SMARTS) is 1. The molecule has 1 aromatic carbocycles. The standard InChI is InChI=1S/C19H26N2O5S/c1-3-4-8-16(19(23)24)20-18(22)15-10-9-14(2)17(13-15)27(25,26)21-11-6-5-7-12-21/h3-4,9-10,13,16H,5-8,11-12H2,1-2H3,(H,20,22)(H,23,24)/b4-3+. The van der Waals surface area contributed by atoms with Gasteiger partial charge in [0.25, 0.3) is 5.91 Å². The number of carboxylic acids is 1. The summed E-state index contributed by atoms with van der Waals surface area (Å²) >= 11 is 0. The van der Waals surface area contributed by atoms with E-state index < -0.39 is 27.9 Å². The van der Waals surface area contributed by atoms with Gasteiger partial charge in [0.2, 0.25) is 10.0 Å². The van der Waals surface area contributed by atoms with Gasteiger partial charge in [-0.2, -0.15) is 4.31 Å². The Morgan fingerprint density at radius 2 is 1.93 bits per heavy atom. The topological polar surface area (TPSA) is 104 Å². The molecule has 0 bridgehead atoms. The molecule has 7 nitrogen and oxygen atoms in total. The Morgan fingerprint density at radius 1 is 1.26 bits per heavy atom. The molecule has 1 fully saturated rings. The lowest BCUT2D eigenvalue weighted by Crippen LogP contribution is -2.40. The van der Waals surface area contributed by atoms with Gasteiger partial charge in [0.15, 0.2) is 0 Å². The quantitative estimate of drug-likeness (QED) is 0.691. The van der Waals surface area contributed by atoms with Crippen LogP contribution in [0, 0.1) is 6.92 Å². The van der Waals surface area contributed by atoms with Crippen molar-refractivity contribution in [2.75, 3.05) is 13.1 Å². The molecule has 2 rings (SSSR count). The minimum Gasteiger partial charge on any atom is -0.480 e. The van der Waals surface area contributed by atoms with E-state index in [1.807, 2.05) is 0 Å². The summed E-state index contributed by atoms with van der Waals surface area (Å²) in [6, 6.07) is 3.35. The number of aliphatic carboxylic acids is 1. The maximum atomic E-state index is 12.9. The smallest absolute Gasteiger partial charge is 0.326 e. The van der Waals surface area contributed by atoms with Gasteiger partial charge in [0.05, 0.1) is 4.90 Å². The van der Waals surface area contributed by atoms with E-state index in [1.54, 1.807) is 32.1 Å². The normalized spacial score (nSPS) is 17.0. The summed E-state index contributed by atoms with van der Waals surface area (Å²) < 4.78 is 27.3. The highest BCUT2D eigenvalue weighted by Gasteiger charge is 2.28. The third-order valence-electron chi connectivity index (χ3n) is 4.59. The largest absolute Gasteiger partial charge is 0.480 e. The molecule has 1 aliphatic rings. The molecule has 0 spiro atoms. The lowest BCUT2D eigenvalue weighted by atomic mass is 10.1. The molecule has 0 saturated carbocycles. The third kappa shape index (κ3) is 5.17. The average Bonchev–Trinajstić information content (AvgIpc) is 2.65. The van der Waals surface area contributed by atoms with Crippen molar-refractivity contribution in [2.24, 2.45) is 0 Å². The number of piperidine rings is 1. The molecule has 2 N–H and O–H groups in total. The molecule has 1 saturated heterocycles. The van der Waals surface area contributed by atoms with Crippen molar-refractivity contribution in [2.45, 2.75) is 50.5 Å². The highest BCUT2D eigenvalue weighted by Crippen LogP contribution is 2.24. The second kappa shape index (κ2) is 9.14. The van der Waals surface area contributed by atoms with Crippen LogP contribution in [0.5, 0.6) is 0 Å². The number of allylic oxidation sites excluding steroid dienone is 1. The fourth-order valence-electron chi connectivity index (χ4n) is 3.00. The fourth-order valence-corrected chi connectivity index (χ4v) is 4.77. The Balaban J connectivity index is 2.27. The van der Waals surface area contributed by atoms with Crippen molar-refractivity contribution in [3.63, 3.8) is 0 Å². The van der Waals surface area contributed by atoms with Crippen LogP contribution in [0.15, 0.2) is 35.2 Å². The Labute approximate surface area is 160 Å². The molecule has 1 heterocycles. The highest BCUT2D eigenvalue weighted by molar-refractivity contribution is 7.89. The Morgan fingerprint density at radius 3 is 2.52 bits per heavy atom. The number of carbonyl (C=O) groups excluding carboxylic acids is 1. The first kappa shape index (κ1) is 21.1. The summed E-state index contributed by atoms with van der Waals surface area (Å²) in [6.07, 6.45) is 6.17. The van der Waals surface area contributed by atoms with Gasteiger partial charge < -0.3 is 10.4 Å². The summed E-state index contributed by atoms with van der Waals surface area (Å²) in [5.74, 6) is -1.75. The van der Waals surface area contributed by atoms with E-state index in [9.17, 15) is 23.1 Å². The van der Waals surface area contributed by atoms with Crippen LogP contribution in [0.2, 0.25) is 0 Å². The van der Waals surface area contributed by atoms with Crippen LogP contribution in [0.4, 0.5) is 0 Å². The van der Waals surface area contributed by atoms with Gasteiger partial charge in [0.1, 0.15) is 6.04 Å². The summed E-state index contributed by atoms with van der Waals surface area (Å²) in [5, 5.41) is 11.7. The number of benzene rings is 1. The first-order chi connectivity index (χ1) is 12.8. The van der Waals surface area contributed by atoms with E-state index in [0.717, 1.165) is 19.3 Å². The summed E-state index contributed by atoms with van der Waals surface area (Å²) in [6.45, 7) is 4.40. The first-order valence-electron chi connectivity index (χ1n) is 9.03. The molecule has 0 aliphatic carbocycles. The van der Waals surface area contributed by atoms with Crippen molar-refractivity contribution in [3.05, 3.63) is 41.5 Å². The number of hydrogen-bond acceptors (Lipinski definition) is 4. The molecule has 1 unspecified atom stereocenters.